The topological polar surface area (TPSA) is 80.5 Å². The fourth-order valence-corrected chi connectivity index (χ4v) is 6.65. The maximum absolute atomic E-state index is 15.1. The van der Waals surface area contributed by atoms with E-state index in [1.807, 2.05) is 6.07 Å². The summed E-state index contributed by atoms with van der Waals surface area (Å²) in [5.41, 5.74) is 0.691. The highest BCUT2D eigenvalue weighted by Crippen LogP contribution is 2.38. The zero-order valence-electron chi connectivity index (χ0n) is 18.9. The van der Waals surface area contributed by atoms with Crippen molar-refractivity contribution >= 4 is 15.8 Å². The second kappa shape index (κ2) is 9.76. The van der Waals surface area contributed by atoms with Crippen LogP contribution < -0.4 is 0 Å². The SMILES string of the molecule is CC(CC(=O)c1cnco1)c1cc(F)c(CN2[C@H](C)CC[C@@H](c3ccccc3)S2(=O)=O)cc1F. The van der Waals surface area contributed by atoms with Crippen molar-refractivity contribution in [1.82, 2.24) is 9.29 Å². The van der Waals surface area contributed by atoms with Crippen LogP contribution in [0.4, 0.5) is 8.78 Å². The summed E-state index contributed by atoms with van der Waals surface area (Å²) >= 11 is 0. The number of aromatic nitrogens is 1. The van der Waals surface area contributed by atoms with Crippen molar-refractivity contribution in [1.29, 1.82) is 0 Å². The Balaban J connectivity index is 1.56. The second-order valence-corrected chi connectivity index (χ2v) is 10.8. The Hall–Kier alpha value is -2.91. The van der Waals surface area contributed by atoms with Gasteiger partial charge in [0, 0.05) is 24.6 Å². The number of sulfonamides is 1. The Bertz CT molecular complexity index is 1260. The molecule has 0 radical (unpaired) electrons. The Labute approximate surface area is 197 Å². The molecule has 3 aromatic rings. The molecule has 180 valence electrons. The van der Waals surface area contributed by atoms with Crippen LogP contribution in [-0.4, -0.2) is 29.5 Å². The second-order valence-electron chi connectivity index (χ2n) is 8.78. The van der Waals surface area contributed by atoms with Gasteiger partial charge in [-0.05, 0) is 48.9 Å². The molecule has 34 heavy (non-hydrogen) atoms. The quantitative estimate of drug-likeness (QED) is 0.417. The molecule has 0 bridgehead atoms. The number of halogens is 2. The van der Waals surface area contributed by atoms with Crippen molar-refractivity contribution in [2.45, 2.75) is 56.9 Å². The predicted molar refractivity (Wildman–Crippen MR) is 123 cm³/mol. The summed E-state index contributed by atoms with van der Waals surface area (Å²) in [5.74, 6) is -2.31. The highest BCUT2D eigenvalue weighted by Gasteiger charge is 2.40. The van der Waals surface area contributed by atoms with Crippen molar-refractivity contribution in [2.75, 3.05) is 0 Å². The number of hydrogen-bond donors (Lipinski definition) is 0. The molecule has 3 atom stereocenters. The van der Waals surface area contributed by atoms with Crippen LogP contribution in [0.1, 0.15) is 71.5 Å². The van der Waals surface area contributed by atoms with Gasteiger partial charge in [-0.25, -0.2) is 22.2 Å². The summed E-state index contributed by atoms with van der Waals surface area (Å²) in [6.07, 6.45) is 3.41. The molecular weight excluding hydrogens is 462 g/mol. The first-order chi connectivity index (χ1) is 16.2. The molecule has 1 fully saturated rings. The van der Waals surface area contributed by atoms with Crippen LogP contribution in [0, 0.1) is 11.6 Å². The number of carbonyl (C=O) groups is 1. The van der Waals surface area contributed by atoms with Crippen LogP contribution >= 0.6 is 0 Å². The summed E-state index contributed by atoms with van der Waals surface area (Å²) in [5, 5.41) is -0.723. The molecule has 0 amide bonds. The molecule has 1 aliphatic heterocycles. The number of carbonyl (C=O) groups excluding carboxylic acids is 1. The summed E-state index contributed by atoms with van der Waals surface area (Å²) < 4.78 is 63.0. The lowest BCUT2D eigenvalue weighted by Crippen LogP contribution is -2.44. The van der Waals surface area contributed by atoms with Gasteiger partial charge in [-0.15, -0.1) is 0 Å². The lowest BCUT2D eigenvalue weighted by Gasteiger charge is -2.37. The summed E-state index contributed by atoms with van der Waals surface area (Å²) in [6.45, 7) is 3.13. The molecule has 2 aromatic carbocycles. The van der Waals surface area contributed by atoms with Gasteiger partial charge in [-0.3, -0.25) is 4.79 Å². The fraction of sp³-hybridized carbons (Fsp3) is 0.360. The molecule has 2 heterocycles. The zero-order valence-corrected chi connectivity index (χ0v) is 19.8. The normalized spacial score (nSPS) is 21.3. The minimum absolute atomic E-state index is 0.0425. The van der Waals surface area contributed by atoms with E-state index in [0.29, 0.717) is 18.4 Å². The third kappa shape index (κ3) is 4.81. The molecule has 0 spiro atoms. The maximum atomic E-state index is 15.1. The molecule has 0 saturated carbocycles. The third-order valence-electron chi connectivity index (χ3n) is 6.42. The van der Waals surface area contributed by atoms with Crippen molar-refractivity contribution < 1.29 is 26.4 Å². The number of nitrogens with zero attached hydrogens (tertiary/aromatic N) is 2. The van der Waals surface area contributed by atoms with Crippen molar-refractivity contribution in [2.24, 2.45) is 0 Å². The average Bonchev–Trinajstić information content (AvgIpc) is 3.34. The first kappa shape index (κ1) is 24.2. The van der Waals surface area contributed by atoms with E-state index in [-0.39, 0.29) is 41.7 Å². The third-order valence-corrected chi connectivity index (χ3v) is 8.79. The van der Waals surface area contributed by atoms with Gasteiger partial charge >= 0.3 is 0 Å². The zero-order chi connectivity index (χ0) is 24.5. The van der Waals surface area contributed by atoms with Crippen LogP contribution in [0.25, 0.3) is 0 Å². The van der Waals surface area contributed by atoms with Gasteiger partial charge < -0.3 is 4.42 Å². The highest BCUT2D eigenvalue weighted by atomic mass is 32.2. The molecule has 1 aliphatic rings. The highest BCUT2D eigenvalue weighted by molar-refractivity contribution is 7.89. The van der Waals surface area contributed by atoms with E-state index >= 15 is 4.39 Å². The Morgan fingerprint density at radius 1 is 1.18 bits per heavy atom. The van der Waals surface area contributed by atoms with E-state index in [4.69, 9.17) is 4.42 Å². The van der Waals surface area contributed by atoms with Gasteiger partial charge in [-0.2, -0.15) is 4.31 Å². The van der Waals surface area contributed by atoms with E-state index < -0.39 is 32.8 Å². The summed E-state index contributed by atoms with van der Waals surface area (Å²) in [6, 6.07) is 10.7. The number of benzene rings is 2. The molecular formula is C25H26F2N2O4S. The van der Waals surface area contributed by atoms with Gasteiger partial charge in [0.05, 0.1) is 6.20 Å². The number of Topliss-reactive ketones (excluding diaryl/α,β-unsaturated/α-hetero) is 1. The Kier molecular flexibility index (Phi) is 6.95. The number of hydrogen-bond acceptors (Lipinski definition) is 5. The van der Waals surface area contributed by atoms with E-state index in [1.54, 1.807) is 38.1 Å². The largest absolute Gasteiger partial charge is 0.440 e. The molecule has 6 nitrogen and oxygen atoms in total. The van der Waals surface area contributed by atoms with Crippen LogP contribution in [0.15, 0.2) is 59.5 Å². The van der Waals surface area contributed by atoms with E-state index in [2.05, 4.69) is 4.98 Å². The van der Waals surface area contributed by atoms with E-state index in [0.717, 1.165) is 18.5 Å². The van der Waals surface area contributed by atoms with E-state index in [1.165, 1.54) is 10.5 Å². The lowest BCUT2D eigenvalue weighted by atomic mass is 9.93. The minimum atomic E-state index is -3.78. The summed E-state index contributed by atoms with van der Waals surface area (Å²) in [4.78, 5) is 15.9. The first-order valence-electron chi connectivity index (χ1n) is 11.1. The van der Waals surface area contributed by atoms with Gasteiger partial charge in [0.15, 0.2) is 17.9 Å². The van der Waals surface area contributed by atoms with Gasteiger partial charge in [-0.1, -0.05) is 37.3 Å². The van der Waals surface area contributed by atoms with Crippen LogP contribution in [-0.2, 0) is 16.6 Å². The molecule has 1 aromatic heterocycles. The molecule has 4 rings (SSSR count). The van der Waals surface area contributed by atoms with Crippen LogP contribution in [0.2, 0.25) is 0 Å². The van der Waals surface area contributed by atoms with Crippen LogP contribution in [0.3, 0.4) is 0 Å². The van der Waals surface area contributed by atoms with Crippen molar-refractivity contribution in [3.05, 3.63) is 89.1 Å². The van der Waals surface area contributed by atoms with Crippen molar-refractivity contribution in [3.63, 3.8) is 0 Å². The average molecular weight is 489 g/mol. The first-order valence-corrected chi connectivity index (χ1v) is 12.6. The Morgan fingerprint density at radius 3 is 2.59 bits per heavy atom. The fourth-order valence-electron chi connectivity index (χ4n) is 4.46. The van der Waals surface area contributed by atoms with Crippen molar-refractivity contribution in [3.8, 4) is 0 Å². The molecule has 9 heteroatoms. The Morgan fingerprint density at radius 2 is 1.91 bits per heavy atom. The van der Waals surface area contributed by atoms with Crippen LogP contribution in [0.5, 0.6) is 0 Å². The predicted octanol–water partition coefficient (Wildman–Crippen LogP) is 5.38. The van der Waals surface area contributed by atoms with E-state index in [9.17, 15) is 17.6 Å². The smallest absolute Gasteiger partial charge is 0.221 e. The number of rotatable bonds is 7. The monoisotopic (exact) mass is 488 g/mol. The number of ketones is 1. The standard InChI is InChI=1S/C25H26F2N2O4S/c1-16(10-23(30)24-13-28-15-33-24)20-12-21(26)19(11-22(20)27)14-29-17(2)8-9-25(34(29,31)32)18-6-4-3-5-7-18/h3-7,11-13,15-17,25H,8-10,14H2,1-2H3/t16?,17-,25+/m1/s1. The molecule has 0 aliphatic carbocycles. The molecule has 1 saturated heterocycles. The molecule has 1 unspecified atom stereocenters. The minimum Gasteiger partial charge on any atom is -0.440 e. The lowest BCUT2D eigenvalue weighted by molar-refractivity contribution is 0.0948. The number of oxazole rings is 1. The molecule has 0 N–H and O–H groups in total. The summed E-state index contributed by atoms with van der Waals surface area (Å²) in [7, 11) is -3.78. The maximum Gasteiger partial charge on any atom is 0.221 e. The van der Waals surface area contributed by atoms with Gasteiger partial charge in [0.1, 0.15) is 16.9 Å². The van der Waals surface area contributed by atoms with Gasteiger partial charge in [0.2, 0.25) is 10.0 Å². The van der Waals surface area contributed by atoms with Gasteiger partial charge in [0.25, 0.3) is 0 Å².